The molecule has 0 heterocycles. The maximum atomic E-state index is 13.4. The van der Waals surface area contributed by atoms with Gasteiger partial charge in [-0.05, 0) is 75.4 Å². The van der Waals surface area contributed by atoms with E-state index in [1.807, 2.05) is 58.0 Å². The summed E-state index contributed by atoms with van der Waals surface area (Å²) in [5.41, 5.74) is 3.26. The molecule has 0 aliphatic carbocycles. The Bertz CT molecular complexity index is 1150. The highest BCUT2D eigenvalue weighted by atomic mass is 35.5. The van der Waals surface area contributed by atoms with Gasteiger partial charge in [-0.25, -0.2) is 8.42 Å². The predicted octanol–water partition coefficient (Wildman–Crippen LogP) is 4.84. The molecule has 0 aromatic heterocycles. The first-order valence-corrected chi connectivity index (χ1v) is 14.4. The number of sulfonamides is 1. The van der Waals surface area contributed by atoms with Crippen molar-refractivity contribution >= 4 is 39.1 Å². The average molecular weight is 536 g/mol. The van der Waals surface area contributed by atoms with E-state index < -0.39 is 16.1 Å². The average Bonchev–Trinajstić information content (AvgIpc) is 2.81. The molecule has 198 valence electrons. The lowest BCUT2D eigenvalue weighted by Gasteiger charge is -2.30. The Morgan fingerprint density at radius 2 is 1.69 bits per heavy atom. The smallest absolute Gasteiger partial charge is 0.242 e. The van der Waals surface area contributed by atoms with Crippen LogP contribution in [-0.4, -0.2) is 50.0 Å². The number of halogens is 1. The summed E-state index contributed by atoms with van der Waals surface area (Å²) in [6, 6.07) is 12.1. The number of hydrogen-bond acceptors (Lipinski definition) is 4. The molecule has 0 saturated carbocycles. The van der Waals surface area contributed by atoms with Crippen LogP contribution in [-0.2, 0) is 26.2 Å². The molecule has 1 N–H and O–H groups in total. The van der Waals surface area contributed by atoms with Gasteiger partial charge in [0.15, 0.2) is 0 Å². The minimum atomic E-state index is -3.54. The van der Waals surface area contributed by atoms with Gasteiger partial charge in [-0.2, -0.15) is 0 Å². The molecule has 2 amide bonds. The van der Waals surface area contributed by atoms with Crippen molar-refractivity contribution in [3.8, 4) is 0 Å². The van der Waals surface area contributed by atoms with Gasteiger partial charge >= 0.3 is 0 Å². The number of rotatable bonds is 12. The lowest BCUT2D eigenvalue weighted by Crippen LogP contribution is -2.49. The van der Waals surface area contributed by atoms with Gasteiger partial charge in [0.1, 0.15) is 6.04 Å². The van der Waals surface area contributed by atoms with E-state index in [1.54, 1.807) is 24.0 Å². The van der Waals surface area contributed by atoms with Crippen LogP contribution >= 0.6 is 11.6 Å². The summed E-state index contributed by atoms with van der Waals surface area (Å²) in [6.07, 6.45) is 2.37. The largest absolute Gasteiger partial charge is 0.352 e. The molecule has 2 rings (SSSR count). The summed E-state index contributed by atoms with van der Waals surface area (Å²) in [7, 11) is -3.54. The summed E-state index contributed by atoms with van der Waals surface area (Å²) in [5, 5.41) is 3.53. The molecule has 7 nitrogen and oxygen atoms in total. The first-order valence-electron chi connectivity index (χ1n) is 12.2. The molecular formula is C27H38ClN3O4S. The van der Waals surface area contributed by atoms with Gasteiger partial charge < -0.3 is 10.2 Å². The van der Waals surface area contributed by atoms with Crippen molar-refractivity contribution in [2.24, 2.45) is 0 Å². The monoisotopic (exact) mass is 535 g/mol. The van der Waals surface area contributed by atoms with E-state index >= 15 is 0 Å². The number of aryl methyl sites for hydroxylation is 2. The first-order chi connectivity index (χ1) is 16.8. The number of carbonyl (C=O) groups excluding carboxylic acids is 2. The summed E-state index contributed by atoms with van der Waals surface area (Å²) in [6.45, 7) is 9.80. The Hall–Kier alpha value is -2.58. The summed E-state index contributed by atoms with van der Waals surface area (Å²) in [4.78, 5) is 27.8. The number of benzene rings is 2. The van der Waals surface area contributed by atoms with Crippen LogP contribution < -0.4 is 9.62 Å². The normalized spacial score (nSPS) is 13.1. The van der Waals surface area contributed by atoms with Gasteiger partial charge in [0, 0.05) is 30.6 Å². The topological polar surface area (TPSA) is 86.8 Å². The van der Waals surface area contributed by atoms with Crippen LogP contribution in [0.15, 0.2) is 42.5 Å². The SMILES string of the molecule is CC[C@H](C)NC(=O)[C@@H](C)N(Cc1ccc(Cl)cc1)C(=O)CCCN(c1cc(C)ccc1C)S(C)(=O)=O. The third-order valence-corrected chi connectivity index (χ3v) is 7.65. The Labute approximate surface area is 220 Å². The lowest BCUT2D eigenvalue weighted by atomic mass is 10.1. The Morgan fingerprint density at radius 1 is 1.06 bits per heavy atom. The highest BCUT2D eigenvalue weighted by Crippen LogP contribution is 2.25. The predicted molar refractivity (Wildman–Crippen MR) is 147 cm³/mol. The number of amides is 2. The highest BCUT2D eigenvalue weighted by Gasteiger charge is 2.27. The maximum absolute atomic E-state index is 13.4. The maximum Gasteiger partial charge on any atom is 0.242 e. The zero-order valence-electron chi connectivity index (χ0n) is 22.0. The Balaban J connectivity index is 2.20. The molecule has 0 spiro atoms. The van der Waals surface area contributed by atoms with E-state index in [4.69, 9.17) is 11.6 Å². The fraction of sp³-hybridized carbons (Fsp3) is 0.481. The van der Waals surface area contributed by atoms with E-state index in [0.717, 1.165) is 23.1 Å². The van der Waals surface area contributed by atoms with Crippen LogP contribution in [0.5, 0.6) is 0 Å². The molecule has 2 atom stereocenters. The summed E-state index contributed by atoms with van der Waals surface area (Å²) in [5.74, 6) is -0.439. The van der Waals surface area contributed by atoms with Crippen molar-refractivity contribution in [3.63, 3.8) is 0 Å². The van der Waals surface area contributed by atoms with Crippen molar-refractivity contribution in [1.29, 1.82) is 0 Å². The van der Waals surface area contributed by atoms with Gasteiger partial charge in [0.2, 0.25) is 21.8 Å². The number of anilines is 1. The fourth-order valence-corrected chi connectivity index (χ4v) is 4.95. The first kappa shape index (κ1) is 29.6. The van der Waals surface area contributed by atoms with E-state index in [1.165, 1.54) is 10.6 Å². The summed E-state index contributed by atoms with van der Waals surface area (Å²) < 4.78 is 26.5. The third kappa shape index (κ3) is 8.52. The van der Waals surface area contributed by atoms with Crippen molar-refractivity contribution in [2.75, 3.05) is 17.1 Å². The fourth-order valence-electron chi connectivity index (χ4n) is 3.81. The number of nitrogens with zero attached hydrogens (tertiary/aromatic N) is 2. The second-order valence-corrected chi connectivity index (χ2v) is 11.7. The molecule has 2 aromatic rings. The van der Waals surface area contributed by atoms with Gasteiger partial charge in [0.25, 0.3) is 0 Å². The number of nitrogens with one attached hydrogen (secondary N) is 1. The van der Waals surface area contributed by atoms with Gasteiger partial charge in [-0.15, -0.1) is 0 Å². The molecule has 0 saturated heterocycles. The number of carbonyl (C=O) groups is 2. The van der Waals surface area contributed by atoms with E-state index in [9.17, 15) is 18.0 Å². The van der Waals surface area contributed by atoms with Crippen molar-refractivity contribution in [3.05, 3.63) is 64.2 Å². The third-order valence-electron chi connectivity index (χ3n) is 6.22. The molecule has 0 bridgehead atoms. The minimum Gasteiger partial charge on any atom is -0.352 e. The minimum absolute atomic E-state index is 0.00618. The zero-order chi connectivity index (χ0) is 27.0. The molecule has 0 aliphatic heterocycles. The second-order valence-electron chi connectivity index (χ2n) is 9.37. The molecule has 2 aromatic carbocycles. The van der Waals surface area contributed by atoms with Crippen LogP contribution in [0.1, 0.15) is 56.7 Å². The van der Waals surface area contributed by atoms with Crippen molar-refractivity contribution in [2.45, 2.75) is 72.5 Å². The molecule has 0 unspecified atom stereocenters. The molecule has 0 radical (unpaired) electrons. The molecule has 0 fully saturated rings. The quantitative estimate of drug-likeness (QED) is 0.421. The van der Waals surface area contributed by atoms with Gasteiger partial charge in [-0.1, -0.05) is 42.8 Å². The van der Waals surface area contributed by atoms with Crippen molar-refractivity contribution in [1.82, 2.24) is 10.2 Å². The number of hydrogen-bond donors (Lipinski definition) is 1. The molecular weight excluding hydrogens is 498 g/mol. The van der Waals surface area contributed by atoms with Crippen LogP contribution in [0.25, 0.3) is 0 Å². The van der Waals surface area contributed by atoms with Crippen LogP contribution in [0.4, 0.5) is 5.69 Å². The van der Waals surface area contributed by atoms with Crippen LogP contribution in [0.2, 0.25) is 5.02 Å². The Kier molecular flexibility index (Phi) is 10.8. The lowest BCUT2D eigenvalue weighted by molar-refractivity contribution is -0.140. The van der Waals surface area contributed by atoms with Crippen LogP contribution in [0, 0.1) is 13.8 Å². The zero-order valence-corrected chi connectivity index (χ0v) is 23.6. The standard InChI is InChI=1S/C27H38ClN3O4S/c1-7-21(4)29-27(33)22(5)30(18-23-12-14-24(28)15-13-23)26(32)9-8-16-31(36(6,34)35)25-17-19(2)10-11-20(25)3/h10-15,17,21-22H,7-9,16,18H2,1-6H3,(H,29,33)/t21-,22+/m0/s1. The highest BCUT2D eigenvalue weighted by molar-refractivity contribution is 7.92. The molecule has 0 aliphatic rings. The van der Waals surface area contributed by atoms with Crippen LogP contribution in [0.3, 0.4) is 0 Å². The summed E-state index contributed by atoms with van der Waals surface area (Å²) >= 11 is 6.00. The van der Waals surface area contributed by atoms with Gasteiger partial charge in [0.05, 0.1) is 11.9 Å². The van der Waals surface area contributed by atoms with E-state index in [-0.39, 0.29) is 37.4 Å². The van der Waals surface area contributed by atoms with Gasteiger partial charge in [-0.3, -0.25) is 13.9 Å². The second kappa shape index (κ2) is 13.1. The van der Waals surface area contributed by atoms with Crippen molar-refractivity contribution < 1.29 is 18.0 Å². The van der Waals surface area contributed by atoms with E-state index in [0.29, 0.717) is 17.1 Å². The Morgan fingerprint density at radius 3 is 2.28 bits per heavy atom. The molecule has 9 heteroatoms. The van der Waals surface area contributed by atoms with E-state index in [2.05, 4.69) is 5.32 Å². The molecule has 36 heavy (non-hydrogen) atoms.